The van der Waals surface area contributed by atoms with Gasteiger partial charge in [-0.15, -0.1) is 0 Å². The largest absolute Gasteiger partial charge is 0.489 e. The molecule has 0 unspecified atom stereocenters. The second-order valence-electron chi connectivity index (χ2n) is 4.52. The fourth-order valence-electron chi connectivity index (χ4n) is 1.84. The van der Waals surface area contributed by atoms with Crippen LogP contribution in [-0.2, 0) is 6.54 Å². The molecule has 20 heavy (non-hydrogen) atoms. The lowest BCUT2D eigenvalue weighted by molar-refractivity contribution is 0.359. The summed E-state index contributed by atoms with van der Waals surface area (Å²) in [6, 6.07) is 13.9. The average Bonchev–Trinajstić information content (AvgIpc) is 2.47. The Labute approximate surface area is 125 Å². The predicted molar refractivity (Wildman–Crippen MR) is 85.6 cm³/mol. The molecule has 0 aliphatic carbocycles. The number of aryl methyl sites for hydroxylation is 1. The fourth-order valence-corrected chi connectivity index (χ4v) is 2.02. The minimum Gasteiger partial charge on any atom is -0.489 e. The van der Waals surface area contributed by atoms with E-state index in [9.17, 15) is 0 Å². The highest BCUT2D eigenvalue weighted by Crippen LogP contribution is 2.23. The van der Waals surface area contributed by atoms with Crippen molar-refractivity contribution in [2.75, 3.05) is 11.9 Å². The molecule has 0 amide bonds. The van der Waals surface area contributed by atoms with Gasteiger partial charge in [0.15, 0.2) is 0 Å². The Morgan fingerprint density at radius 1 is 1.25 bits per heavy atom. The topological polar surface area (TPSA) is 21.3 Å². The van der Waals surface area contributed by atoms with Crippen LogP contribution >= 0.6 is 11.6 Å². The van der Waals surface area contributed by atoms with Crippen molar-refractivity contribution in [2.24, 2.45) is 0 Å². The smallest absolute Gasteiger partial charge is 0.124 e. The summed E-state index contributed by atoms with van der Waals surface area (Å²) in [5.41, 5.74) is 3.18. The van der Waals surface area contributed by atoms with Gasteiger partial charge in [0.25, 0.3) is 0 Å². The van der Waals surface area contributed by atoms with Gasteiger partial charge in [-0.3, -0.25) is 0 Å². The van der Waals surface area contributed by atoms with Crippen LogP contribution < -0.4 is 10.1 Å². The van der Waals surface area contributed by atoms with E-state index in [0.29, 0.717) is 13.2 Å². The molecule has 2 nitrogen and oxygen atoms in total. The first kappa shape index (κ1) is 14.5. The first-order valence-corrected chi connectivity index (χ1v) is 6.90. The maximum atomic E-state index is 6.12. The molecule has 104 valence electrons. The molecule has 1 N–H and O–H groups in total. The lowest BCUT2D eigenvalue weighted by atomic mass is 10.2. The van der Waals surface area contributed by atoms with Crippen molar-refractivity contribution in [3.63, 3.8) is 0 Å². The van der Waals surface area contributed by atoms with Crippen LogP contribution in [0.4, 0.5) is 5.69 Å². The molecular weight excluding hydrogens is 270 g/mol. The van der Waals surface area contributed by atoms with Gasteiger partial charge in [-0.05, 0) is 30.7 Å². The van der Waals surface area contributed by atoms with E-state index < -0.39 is 0 Å². The highest BCUT2D eigenvalue weighted by Gasteiger charge is 2.03. The van der Waals surface area contributed by atoms with E-state index in [1.165, 1.54) is 0 Å². The number of halogens is 1. The second kappa shape index (κ2) is 7.01. The van der Waals surface area contributed by atoms with Crippen LogP contribution in [0.3, 0.4) is 0 Å². The first-order valence-electron chi connectivity index (χ1n) is 6.52. The first-order chi connectivity index (χ1) is 9.70. The van der Waals surface area contributed by atoms with E-state index in [1.807, 2.05) is 49.4 Å². The molecule has 0 saturated heterocycles. The van der Waals surface area contributed by atoms with Crippen molar-refractivity contribution in [1.82, 2.24) is 0 Å². The summed E-state index contributed by atoms with van der Waals surface area (Å²) in [5, 5.41) is 4.13. The summed E-state index contributed by atoms with van der Waals surface area (Å²) in [7, 11) is 0. The van der Waals surface area contributed by atoms with Crippen LogP contribution in [0.15, 0.2) is 55.1 Å². The molecule has 2 rings (SSSR count). The second-order valence-corrected chi connectivity index (χ2v) is 4.93. The lowest BCUT2D eigenvalue weighted by Crippen LogP contribution is -2.03. The van der Waals surface area contributed by atoms with Crippen molar-refractivity contribution >= 4 is 17.3 Å². The number of rotatable bonds is 6. The van der Waals surface area contributed by atoms with Gasteiger partial charge in [-0.25, -0.2) is 0 Å². The zero-order chi connectivity index (χ0) is 14.4. The number of hydrogen-bond acceptors (Lipinski definition) is 2. The normalized spacial score (nSPS) is 10.1. The fraction of sp³-hybridized carbons (Fsp3) is 0.176. The van der Waals surface area contributed by atoms with Gasteiger partial charge < -0.3 is 10.1 Å². The highest BCUT2D eigenvalue weighted by atomic mass is 35.5. The van der Waals surface area contributed by atoms with Gasteiger partial charge in [-0.2, -0.15) is 0 Å². The monoisotopic (exact) mass is 287 g/mol. The van der Waals surface area contributed by atoms with Gasteiger partial charge in [0.05, 0.1) is 0 Å². The molecule has 2 aromatic rings. The van der Waals surface area contributed by atoms with E-state index in [4.69, 9.17) is 16.3 Å². The van der Waals surface area contributed by atoms with Crippen LogP contribution in [0.25, 0.3) is 0 Å². The highest BCUT2D eigenvalue weighted by molar-refractivity contribution is 6.31. The number of ether oxygens (including phenoxy) is 1. The number of hydrogen-bond donors (Lipinski definition) is 1. The van der Waals surface area contributed by atoms with Crippen molar-refractivity contribution in [2.45, 2.75) is 13.5 Å². The summed E-state index contributed by atoms with van der Waals surface area (Å²) in [5.74, 6) is 0.873. The van der Waals surface area contributed by atoms with Crippen LogP contribution in [0, 0.1) is 6.92 Å². The zero-order valence-electron chi connectivity index (χ0n) is 11.5. The summed E-state index contributed by atoms with van der Waals surface area (Å²) < 4.78 is 5.63. The van der Waals surface area contributed by atoms with Crippen LogP contribution in [0.1, 0.15) is 11.1 Å². The van der Waals surface area contributed by atoms with Crippen LogP contribution in [0.5, 0.6) is 5.75 Å². The third-order valence-corrected chi connectivity index (χ3v) is 3.39. The maximum absolute atomic E-state index is 6.12. The summed E-state index contributed by atoms with van der Waals surface area (Å²) in [6.07, 6.45) is 1.74. The number of para-hydroxylation sites is 1. The molecule has 0 atom stereocenters. The Bertz CT molecular complexity index is 595. The van der Waals surface area contributed by atoms with Crippen molar-refractivity contribution in [1.29, 1.82) is 0 Å². The molecule has 0 bridgehead atoms. The van der Waals surface area contributed by atoms with E-state index in [1.54, 1.807) is 6.08 Å². The summed E-state index contributed by atoms with van der Waals surface area (Å²) in [6.45, 7) is 6.85. The Morgan fingerprint density at radius 2 is 2.05 bits per heavy atom. The van der Waals surface area contributed by atoms with Crippen molar-refractivity contribution in [3.8, 4) is 5.75 Å². The maximum Gasteiger partial charge on any atom is 0.124 e. The molecule has 0 saturated carbocycles. The van der Waals surface area contributed by atoms with Gasteiger partial charge in [0.2, 0.25) is 0 Å². The van der Waals surface area contributed by atoms with Crippen LogP contribution in [-0.4, -0.2) is 6.61 Å². The molecule has 0 fully saturated rings. The number of benzene rings is 2. The third-order valence-electron chi connectivity index (χ3n) is 2.98. The Hall–Kier alpha value is -1.93. The molecule has 2 aromatic carbocycles. The quantitative estimate of drug-likeness (QED) is 0.769. The van der Waals surface area contributed by atoms with Crippen molar-refractivity contribution in [3.05, 3.63) is 71.3 Å². The van der Waals surface area contributed by atoms with Crippen molar-refractivity contribution < 1.29 is 4.74 Å². The van der Waals surface area contributed by atoms with E-state index in [0.717, 1.165) is 27.6 Å². The van der Waals surface area contributed by atoms with E-state index >= 15 is 0 Å². The standard InChI is InChI=1S/C17H18ClNO/c1-3-10-20-17-7-5-4-6-14(17)12-19-15-9-8-13(2)16(18)11-15/h3-9,11,19H,1,10,12H2,2H3. The third kappa shape index (κ3) is 3.78. The lowest BCUT2D eigenvalue weighted by Gasteiger charge is -2.12. The minimum absolute atomic E-state index is 0.507. The summed E-state index contributed by atoms with van der Waals surface area (Å²) in [4.78, 5) is 0. The van der Waals surface area contributed by atoms with Gasteiger partial charge in [-0.1, -0.05) is 48.5 Å². The number of anilines is 1. The zero-order valence-corrected chi connectivity index (χ0v) is 12.3. The molecular formula is C17H18ClNO. The van der Waals surface area contributed by atoms with Crippen LogP contribution in [0.2, 0.25) is 5.02 Å². The SMILES string of the molecule is C=CCOc1ccccc1CNc1ccc(C)c(Cl)c1. The predicted octanol–water partition coefficient (Wildman–Crippen LogP) is 4.83. The average molecular weight is 288 g/mol. The van der Waals surface area contributed by atoms with E-state index in [-0.39, 0.29) is 0 Å². The molecule has 3 heteroatoms. The molecule has 0 radical (unpaired) electrons. The molecule has 0 spiro atoms. The Kier molecular flexibility index (Phi) is 5.08. The minimum atomic E-state index is 0.507. The molecule has 0 aliphatic rings. The van der Waals surface area contributed by atoms with Gasteiger partial charge in [0, 0.05) is 22.8 Å². The van der Waals surface area contributed by atoms with E-state index in [2.05, 4.69) is 11.9 Å². The Morgan fingerprint density at radius 3 is 2.80 bits per heavy atom. The number of nitrogens with one attached hydrogen (secondary N) is 1. The van der Waals surface area contributed by atoms with Gasteiger partial charge >= 0.3 is 0 Å². The molecule has 0 heterocycles. The molecule has 0 aliphatic heterocycles. The van der Waals surface area contributed by atoms with Gasteiger partial charge in [0.1, 0.15) is 12.4 Å². The Balaban J connectivity index is 2.06. The summed E-state index contributed by atoms with van der Waals surface area (Å²) >= 11 is 6.12. The molecule has 0 aromatic heterocycles.